The number of carbonyl (C=O) groups is 1. The average molecular weight is 512 g/mol. The first-order valence-corrected chi connectivity index (χ1v) is 13.2. The minimum Gasteiger partial charge on any atom is -0.484 e. The van der Waals surface area contributed by atoms with Crippen LogP contribution < -0.4 is 21.1 Å². The van der Waals surface area contributed by atoms with Gasteiger partial charge in [-0.05, 0) is 60.9 Å². The lowest BCUT2D eigenvalue weighted by Gasteiger charge is -2.13. The lowest BCUT2D eigenvalue weighted by Crippen LogP contribution is -2.36. The number of allylic oxidation sites excluding steroid dienone is 1. The van der Waals surface area contributed by atoms with Crippen molar-refractivity contribution in [3.63, 3.8) is 0 Å². The molecule has 0 saturated heterocycles. The highest BCUT2D eigenvalue weighted by Gasteiger charge is 2.18. The number of ether oxygens (including phenoxy) is 1. The van der Waals surface area contributed by atoms with E-state index in [2.05, 4.69) is 22.5 Å². The molecule has 2 heterocycles. The summed E-state index contributed by atoms with van der Waals surface area (Å²) in [6, 6.07) is 17.6. The maximum atomic E-state index is 12.3. The van der Waals surface area contributed by atoms with Gasteiger partial charge in [-0.1, -0.05) is 50.5 Å². The molecule has 1 saturated carbocycles. The van der Waals surface area contributed by atoms with Crippen molar-refractivity contribution in [1.29, 1.82) is 0 Å². The van der Waals surface area contributed by atoms with Gasteiger partial charge < -0.3 is 25.5 Å². The highest BCUT2D eigenvalue weighted by molar-refractivity contribution is 5.87. The topological polar surface area (TPSA) is 115 Å². The van der Waals surface area contributed by atoms with Crippen LogP contribution in [-0.4, -0.2) is 28.5 Å². The number of benzene rings is 2. The van der Waals surface area contributed by atoms with Gasteiger partial charge in [0.2, 0.25) is 0 Å². The van der Waals surface area contributed by atoms with E-state index in [1.165, 1.54) is 12.8 Å². The number of aromatic nitrogens is 2. The van der Waals surface area contributed by atoms with E-state index in [0.717, 1.165) is 48.1 Å². The van der Waals surface area contributed by atoms with Crippen LogP contribution >= 0.6 is 0 Å². The third-order valence-electron chi connectivity index (χ3n) is 6.72. The number of anilines is 2. The van der Waals surface area contributed by atoms with E-state index in [4.69, 9.17) is 19.9 Å². The Bertz CT molecular complexity index is 1420. The van der Waals surface area contributed by atoms with Crippen LogP contribution in [0.4, 0.5) is 11.5 Å². The molecular weight excluding hydrogens is 478 g/mol. The second-order valence-corrected chi connectivity index (χ2v) is 9.54. The van der Waals surface area contributed by atoms with Crippen LogP contribution in [0, 0.1) is 0 Å². The van der Waals surface area contributed by atoms with Crippen molar-refractivity contribution in [2.24, 2.45) is 5.73 Å². The summed E-state index contributed by atoms with van der Waals surface area (Å²) in [5.74, 6) is 1.57. The molecule has 0 bridgehead atoms. The zero-order valence-corrected chi connectivity index (χ0v) is 21.6. The van der Waals surface area contributed by atoms with Crippen LogP contribution in [0.3, 0.4) is 0 Å². The number of nitrogens with one attached hydrogen (secondary N) is 2. The molecule has 1 aliphatic carbocycles. The number of nitrogens with two attached hydrogens (primary N) is 1. The van der Waals surface area contributed by atoms with Crippen molar-refractivity contribution in [3.05, 3.63) is 72.6 Å². The maximum absolute atomic E-state index is 12.3. The van der Waals surface area contributed by atoms with E-state index in [0.29, 0.717) is 28.5 Å². The fraction of sp³-hybridized carbons (Fsp3) is 0.300. The molecule has 1 amide bonds. The maximum Gasteiger partial charge on any atom is 0.258 e. The van der Waals surface area contributed by atoms with Gasteiger partial charge in [-0.2, -0.15) is 0 Å². The van der Waals surface area contributed by atoms with Crippen LogP contribution in [0.15, 0.2) is 71.5 Å². The molecule has 8 nitrogen and oxygen atoms in total. The normalized spacial score (nSPS) is 14.1. The van der Waals surface area contributed by atoms with Gasteiger partial charge in [0.05, 0.1) is 6.26 Å². The summed E-state index contributed by atoms with van der Waals surface area (Å²) in [6.07, 6.45) is 9.66. The molecule has 4 N–H and O–H groups in total. The Labute approximate surface area is 222 Å². The third-order valence-corrected chi connectivity index (χ3v) is 6.72. The minimum atomic E-state index is -0.0976. The van der Waals surface area contributed by atoms with Gasteiger partial charge in [-0.3, -0.25) is 4.79 Å². The van der Waals surface area contributed by atoms with Crippen LogP contribution in [0.5, 0.6) is 5.75 Å². The van der Waals surface area contributed by atoms with Gasteiger partial charge in [0.25, 0.3) is 5.91 Å². The van der Waals surface area contributed by atoms with Gasteiger partial charge in [-0.15, -0.1) is 0 Å². The Hall–Kier alpha value is -4.33. The summed E-state index contributed by atoms with van der Waals surface area (Å²) in [7, 11) is 0. The molecule has 0 radical (unpaired) electrons. The summed E-state index contributed by atoms with van der Waals surface area (Å²) in [5.41, 5.74) is 10.9. The largest absolute Gasteiger partial charge is 0.484 e. The van der Waals surface area contributed by atoms with E-state index in [1.807, 2.05) is 54.6 Å². The van der Waals surface area contributed by atoms with Gasteiger partial charge in [-0.25, -0.2) is 9.97 Å². The SMILES string of the molecule is CCC/C(=C\N)c1ccc(Nc2nc(-c3cccc(OCC(=O)NC4CCCC4)c3)nc3ccoc23)cc1. The van der Waals surface area contributed by atoms with Crippen molar-refractivity contribution >= 4 is 34.1 Å². The van der Waals surface area contributed by atoms with Gasteiger partial charge in [0.15, 0.2) is 23.8 Å². The van der Waals surface area contributed by atoms with Gasteiger partial charge in [0, 0.05) is 23.4 Å². The van der Waals surface area contributed by atoms with E-state index >= 15 is 0 Å². The lowest BCUT2D eigenvalue weighted by atomic mass is 10.0. The molecule has 2 aromatic carbocycles. The highest BCUT2D eigenvalue weighted by Crippen LogP contribution is 2.30. The first-order valence-electron chi connectivity index (χ1n) is 13.2. The molecule has 1 fully saturated rings. The first-order chi connectivity index (χ1) is 18.6. The summed E-state index contributed by atoms with van der Waals surface area (Å²) >= 11 is 0. The molecule has 5 rings (SSSR count). The molecule has 8 heteroatoms. The average Bonchev–Trinajstić information content (AvgIpc) is 3.64. The van der Waals surface area contributed by atoms with Gasteiger partial charge >= 0.3 is 0 Å². The Balaban J connectivity index is 1.33. The van der Waals surface area contributed by atoms with Crippen LogP contribution in [0.1, 0.15) is 51.0 Å². The number of nitrogens with zero attached hydrogens (tertiary/aromatic N) is 2. The minimum absolute atomic E-state index is 0.0241. The Morgan fingerprint density at radius 2 is 1.95 bits per heavy atom. The molecule has 0 spiro atoms. The van der Waals surface area contributed by atoms with Crippen molar-refractivity contribution in [3.8, 4) is 17.1 Å². The molecule has 0 unspecified atom stereocenters. The lowest BCUT2D eigenvalue weighted by molar-refractivity contribution is -0.123. The Morgan fingerprint density at radius 3 is 2.71 bits per heavy atom. The number of carbonyl (C=O) groups excluding carboxylic acids is 1. The van der Waals surface area contributed by atoms with Crippen LogP contribution in [-0.2, 0) is 4.79 Å². The molecule has 0 aliphatic heterocycles. The quantitative estimate of drug-likeness (QED) is 0.233. The van der Waals surface area contributed by atoms with Crippen molar-refractivity contribution in [2.75, 3.05) is 11.9 Å². The summed E-state index contributed by atoms with van der Waals surface area (Å²) < 4.78 is 11.5. The number of furan rings is 1. The van der Waals surface area contributed by atoms with Crippen molar-refractivity contribution in [2.45, 2.75) is 51.5 Å². The van der Waals surface area contributed by atoms with Crippen molar-refractivity contribution < 1.29 is 13.9 Å². The predicted octanol–water partition coefficient (Wildman–Crippen LogP) is 6.17. The van der Waals surface area contributed by atoms with E-state index < -0.39 is 0 Å². The molecule has 196 valence electrons. The molecule has 2 aromatic heterocycles. The molecule has 0 atom stereocenters. The first kappa shape index (κ1) is 25.3. The molecule has 4 aromatic rings. The zero-order valence-electron chi connectivity index (χ0n) is 21.6. The fourth-order valence-corrected chi connectivity index (χ4v) is 4.79. The van der Waals surface area contributed by atoms with Gasteiger partial charge in [0.1, 0.15) is 11.3 Å². The standard InChI is InChI=1S/C30H33N5O3/c1-2-6-22(18-31)20-11-13-24(14-12-20)33-30-28-26(15-16-37-28)34-29(35-30)21-7-5-10-25(17-21)38-19-27(36)32-23-8-3-4-9-23/h5,7,10-18,23H,2-4,6,8-9,19,31H2,1H3,(H,32,36)(H,33,34,35)/b22-18+. The summed E-state index contributed by atoms with van der Waals surface area (Å²) in [4.78, 5) is 21.7. The molecule has 1 aliphatic rings. The van der Waals surface area contributed by atoms with E-state index in [-0.39, 0.29) is 18.6 Å². The highest BCUT2D eigenvalue weighted by atomic mass is 16.5. The van der Waals surface area contributed by atoms with Crippen molar-refractivity contribution in [1.82, 2.24) is 15.3 Å². The molecular formula is C30H33N5O3. The monoisotopic (exact) mass is 511 g/mol. The fourth-order valence-electron chi connectivity index (χ4n) is 4.79. The Morgan fingerprint density at radius 1 is 1.13 bits per heavy atom. The van der Waals surface area contributed by atoms with Crippen LogP contribution in [0.2, 0.25) is 0 Å². The number of fused-ring (bicyclic) bond motifs is 1. The predicted molar refractivity (Wildman–Crippen MR) is 150 cm³/mol. The number of hydrogen-bond acceptors (Lipinski definition) is 7. The smallest absolute Gasteiger partial charge is 0.258 e. The number of amides is 1. The Kier molecular flexibility index (Phi) is 7.87. The zero-order chi connectivity index (χ0) is 26.3. The second-order valence-electron chi connectivity index (χ2n) is 9.54. The third kappa shape index (κ3) is 5.96. The number of rotatable bonds is 10. The van der Waals surface area contributed by atoms with E-state index in [1.54, 1.807) is 12.5 Å². The summed E-state index contributed by atoms with van der Waals surface area (Å²) in [6.45, 7) is 2.11. The number of hydrogen-bond donors (Lipinski definition) is 3. The van der Waals surface area contributed by atoms with E-state index in [9.17, 15) is 4.79 Å². The second kappa shape index (κ2) is 11.8. The van der Waals surface area contributed by atoms with Crippen LogP contribution in [0.25, 0.3) is 28.1 Å². The summed E-state index contributed by atoms with van der Waals surface area (Å²) in [5, 5.41) is 6.41. The molecule has 38 heavy (non-hydrogen) atoms.